The molecule has 0 bridgehead atoms. The first-order valence-corrected chi connectivity index (χ1v) is 7.17. The number of nitrogens with zero attached hydrogens (tertiary/aromatic N) is 2. The predicted molar refractivity (Wildman–Crippen MR) is 85.2 cm³/mol. The van der Waals surface area contributed by atoms with Crippen molar-refractivity contribution in [2.24, 2.45) is 10.7 Å². The van der Waals surface area contributed by atoms with E-state index in [1.54, 1.807) is 0 Å². The van der Waals surface area contributed by atoms with E-state index in [0.29, 0.717) is 5.69 Å². The molecule has 1 atom stereocenters. The number of nitrogens with two attached hydrogens (primary N) is 1. The summed E-state index contributed by atoms with van der Waals surface area (Å²) < 4.78 is 0. The number of thioether (sulfide) groups is 1. The van der Waals surface area contributed by atoms with Gasteiger partial charge in [-0.15, -0.1) is 0 Å². The van der Waals surface area contributed by atoms with Crippen LogP contribution in [0.3, 0.4) is 0 Å². The summed E-state index contributed by atoms with van der Waals surface area (Å²) >= 11 is 1.01. The number of nitro groups is 1. The lowest BCUT2D eigenvalue weighted by Gasteiger charge is -2.07. The number of anilines is 1. The summed E-state index contributed by atoms with van der Waals surface area (Å²) in [5, 5.41) is 22.0. The van der Waals surface area contributed by atoms with Crippen LogP contribution in [0.4, 0.5) is 11.4 Å². The number of nitrogens with one attached hydrogen (secondary N) is 3. The fraction of sp³-hybridized carbons (Fsp3) is 0.167. The minimum Gasteiger partial charge on any atom is -0.368 e. The molecule has 0 aliphatic carbocycles. The molecule has 5 N–H and O–H groups in total. The Labute approximate surface area is 134 Å². The average Bonchev–Trinajstić information content (AvgIpc) is 2.78. The lowest BCUT2D eigenvalue weighted by atomic mass is 10.2. The van der Waals surface area contributed by atoms with Crippen molar-refractivity contribution in [3.8, 4) is 0 Å². The highest BCUT2D eigenvalue weighted by Gasteiger charge is 2.32. The van der Waals surface area contributed by atoms with E-state index in [-0.39, 0.29) is 17.3 Å². The van der Waals surface area contributed by atoms with E-state index in [0.717, 1.165) is 11.8 Å². The lowest BCUT2D eigenvalue weighted by Crippen LogP contribution is -2.28. The highest BCUT2D eigenvalue weighted by atomic mass is 32.2. The van der Waals surface area contributed by atoms with Gasteiger partial charge in [-0.1, -0.05) is 11.8 Å². The molecule has 120 valence electrons. The molecule has 1 heterocycles. The molecular formula is C12H12N6O4S. The van der Waals surface area contributed by atoms with Gasteiger partial charge >= 0.3 is 0 Å². The standard InChI is InChI=1S/C12H12N6O4S/c13-11(14)17-12-16-10(20)8(23-12)5-9(19)15-6-1-3-7(4-2-6)18(21)22/h1-4,8H,5H2,(H,15,19)(H4,13,14,16,17,20). The van der Waals surface area contributed by atoms with Crippen molar-refractivity contribution in [3.63, 3.8) is 0 Å². The van der Waals surface area contributed by atoms with Gasteiger partial charge in [-0.3, -0.25) is 25.1 Å². The molecule has 0 saturated carbocycles. The molecule has 1 saturated heterocycles. The van der Waals surface area contributed by atoms with Crippen LogP contribution >= 0.6 is 11.8 Å². The smallest absolute Gasteiger partial charge is 0.269 e. The summed E-state index contributed by atoms with van der Waals surface area (Å²) in [5.74, 6) is -1.26. The number of amidine groups is 1. The Bertz CT molecular complexity index is 702. The molecule has 0 radical (unpaired) electrons. The molecule has 1 fully saturated rings. The van der Waals surface area contributed by atoms with Gasteiger partial charge in [0.1, 0.15) is 5.25 Å². The van der Waals surface area contributed by atoms with Crippen molar-refractivity contribution < 1.29 is 14.5 Å². The predicted octanol–water partition coefficient (Wildman–Crippen LogP) is 0.404. The number of benzene rings is 1. The number of guanidine groups is 1. The van der Waals surface area contributed by atoms with Gasteiger partial charge in [-0.2, -0.15) is 4.99 Å². The maximum atomic E-state index is 11.9. The maximum Gasteiger partial charge on any atom is 0.269 e. The van der Waals surface area contributed by atoms with Crippen LogP contribution in [-0.4, -0.2) is 33.1 Å². The highest BCUT2D eigenvalue weighted by molar-refractivity contribution is 8.15. The van der Waals surface area contributed by atoms with Crippen LogP contribution in [-0.2, 0) is 9.59 Å². The van der Waals surface area contributed by atoms with Gasteiger partial charge in [0.25, 0.3) is 5.69 Å². The largest absolute Gasteiger partial charge is 0.368 e. The Morgan fingerprint density at radius 3 is 2.70 bits per heavy atom. The second kappa shape index (κ2) is 6.87. The van der Waals surface area contributed by atoms with Crippen molar-refractivity contribution >= 4 is 46.1 Å². The summed E-state index contributed by atoms with van der Waals surface area (Å²) in [7, 11) is 0. The molecule has 2 amide bonds. The van der Waals surface area contributed by atoms with Crippen LogP contribution in [0, 0.1) is 15.5 Å². The number of amides is 2. The van der Waals surface area contributed by atoms with Crippen LogP contribution in [0.1, 0.15) is 6.42 Å². The van der Waals surface area contributed by atoms with Gasteiger partial charge < -0.3 is 16.4 Å². The highest BCUT2D eigenvalue weighted by Crippen LogP contribution is 2.23. The number of carbonyl (C=O) groups is 2. The number of aliphatic imine (C=N–C) groups is 1. The summed E-state index contributed by atoms with van der Waals surface area (Å²) in [6.07, 6.45) is -0.107. The molecule has 1 aromatic carbocycles. The van der Waals surface area contributed by atoms with Crippen LogP contribution < -0.4 is 16.4 Å². The van der Waals surface area contributed by atoms with E-state index < -0.39 is 27.9 Å². The van der Waals surface area contributed by atoms with Gasteiger partial charge in [0.2, 0.25) is 17.8 Å². The van der Waals surface area contributed by atoms with Crippen LogP contribution in [0.2, 0.25) is 0 Å². The van der Waals surface area contributed by atoms with Crippen molar-refractivity contribution in [3.05, 3.63) is 34.4 Å². The first-order chi connectivity index (χ1) is 10.8. The summed E-state index contributed by atoms with van der Waals surface area (Å²) in [5.41, 5.74) is 5.41. The van der Waals surface area contributed by atoms with Gasteiger partial charge in [-0.25, -0.2) is 0 Å². The second-order valence-electron chi connectivity index (χ2n) is 4.45. The molecule has 10 nitrogen and oxygen atoms in total. The number of nitro benzene ring substituents is 1. The lowest BCUT2D eigenvalue weighted by molar-refractivity contribution is -0.384. The molecule has 2 rings (SSSR count). The third-order valence-corrected chi connectivity index (χ3v) is 3.81. The fourth-order valence-electron chi connectivity index (χ4n) is 1.75. The summed E-state index contributed by atoms with van der Waals surface area (Å²) in [6, 6.07) is 5.34. The second-order valence-corrected chi connectivity index (χ2v) is 5.65. The number of hydrogen-bond acceptors (Lipinski definition) is 6. The quantitative estimate of drug-likeness (QED) is 0.269. The summed E-state index contributed by atoms with van der Waals surface area (Å²) in [6.45, 7) is 0. The molecule has 0 aromatic heterocycles. The molecule has 1 aromatic rings. The van der Waals surface area contributed by atoms with E-state index in [2.05, 4.69) is 15.6 Å². The third kappa shape index (κ3) is 4.51. The monoisotopic (exact) mass is 336 g/mol. The molecule has 1 unspecified atom stereocenters. The Hall–Kier alpha value is -2.95. The Balaban J connectivity index is 1.93. The SMILES string of the molecule is N=C(N)N=C1NC(=O)C(CC(=O)Nc2ccc([N+](=O)[O-])cc2)S1. The van der Waals surface area contributed by atoms with Crippen molar-refractivity contribution in [2.45, 2.75) is 11.7 Å². The number of non-ortho nitro benzene ring substituents is 1. The van der Waals surface area contributed by atoms with E-state index >= 15 is 0 Å². The number of hydrogen-bond donors (Lipinski definition) is 4. The van der Waals surface area contributed by atoms with E-state index in [4.69, 9.17) is 11.1 Å². The normalized spacial score (nSPS) is 18.5. The number of carbonyl (C=O) groups excluding carboxylic acids is 2. The fourth-order valence-corrected chi connectivity index (χ4v) is 2.73. The van der Waals surface area contributed by atoms with Gasteiger partial charge in [0.15, 0.2) is 5.17 Å². The molecule has 11 heteroatoms. The van der Waals surface area contributed by atoms with Gasteiger partial charge in [0, 0.05) is 24.2 Å². The Morgan fingerprint density at radius 1 is 1.48 bits per heavy atom. The Kier molecular flexibility index (Phi) is 4.91. The zero-order chi connectivity index (χ0) is 17.0. The van der Waals surface area contributed by atoms with Crippen molar-refractivity contribution in [1.82, 2.24) is 5.32 Å². The third-order valence-electron chi connectivity index (χ3n) is 2.73. The maximum absolute atomic E-state index is 11.9. The first-order valence-electron chi connectivity index (χ1n) is 6.29. The molecular weight excluding hydrogens is 324 g/mol. The zero-order valence-electron chi connectivity index (χ0n) is 11.6. The van der Waals surface area contributed by atoms with E-state index in [9.17, 15) is 19.7 Å². The van der Waals surface area contributed by atoms with Gasteiger partial charge in [-0.05, 0) is 12.1 Å². The molecule has 1 aliphatic heterocycles. The van der Waals surface area contributed by atoms with Crippen molar-refractivity contribution in [2.75, 3.05) is 5.32 Å². The minimum absolute atomic E-state index is 0.0844. The summed E-state index contributed by atoms with van der Waals surface area (Å²) in [4.78, 5) is 37.2. The Morgan fingerprint density at radius 2 is 2.13 bits per heavy atom. The van der Waals surface area contributed by atoms with Crippen LogP contribution in [0.5, 0.6) is 0 Å². The van der Waals surface area contributed by atoms with E-state index in [1.165, 1.54) is 24.3 Å². The van der Waals surface area contributed by atoms with Gasteiger partial charge in [0.05, 0.1) is 4.92 Å². The molecule has 23 heavy (non-hydrogen) atoms. The van der Waals surface area contributed by atoms with Crippen LogP contribution in [0.25, 0.3) is 0 Å². The molecule has 1 aliphatic rings. The zero-order valence-corrected chi connectivity index (χ0v) is 12.4. The first kappa shape index (κ1) is 16.4. The topological polar surface area (TPSA) is 164 Å². The van der Waals surface area contributed by atoms with E-state index in [1.807, 2.05) is 0 Å². The molecule has 0 spiro atoms. The number of rotatable bonds is 4. The average molecular weight is 336 g/mol. The van der Waals surface area contributed by atoms with Crippen molar-refractivity contribution in [1.29, 1.82) is 5.41 Å². The van der Waals surface area contributed by atoms with Crippen LogP contribution in [0.15, 0.2) is 29.3 Å². The minimum atomic E-state index is -0.675.